The average Bonchev–Trinajstić information content (AvgIpc) is 2.80. The summed E-state index contributed by atoms with van der Waals surface area (Å²) in [6, 6.07) is 0. The summed E-state index contributed by atoms with van der Waals surface area (Å²) in [6.07, 6.45) is 8.06. The van der Waals surface area contributed by atoms with Gasteiger partial charge in [0.05, 0.1) is 12.5 Å². The van der Waals surface area contributed by atoms with E-state index in [4.69, 9.17) is 4.74 Å². The molecule has 0 bridgehead atoms. The van der Waals surface area contributed by atoms with Gasteiger partial charge in [-0.1, -0.05) is 60.6 Å². The molecule has 5 aliphatic rings. The Labute approximate surface area is 217 Å². The van der Waals surface area contributed by atoms with Crippen LogP contribution in [0.1, 0.15) is 93.4 Å². The molecular formula is C32H46O4. The standard InChI is InChI=1S/C32H46O4/c1-18-10-13-32(27(35)36-9)15-14-30(7)21(24(32)20(18)3)16-22(33)25-29(6)17-19(2)26(34)28(4,5)23(29)11-12-31(25,30)8/h16,18,20,23-25H,2,10-15,17H2,1,3-9H3/t18-,20+,23+,24+,25-,29+,30-,31-,32+/m1/s1. The minimum atomic E-state index is -0.524. The molecule has 0 aromatic carbocycles. The predicted molar refractivity (Wildman–Crippen MR) is 141 cm³/mol. The molecule has 4 fully saturated rings. The first-order valence-electron chi connectivity index (χ1n) is 14.2. The minimum Gasteiger partial charge on any atom is -0.469 e. The summed E-state index contributed by atoms with van der Waals surface area (Å²) >= 11 is 0. The van der Waals surface area contributed by atoms with E-state index < -0.39 is 10.8 Å². The summed E-state index contributed by atoms with van der Waals surface area (Å²) in [4.78, 5) is 41.0. The topological polar surface area (TPSA) is 60.4 Å². The lowest BCUT2D eigenvalue weighted by molar-refractivity contribution is -0.189. The molecule has 198 valence electrons. The fourth-order valence-corrected chi connectivity index (χ4v) is 10.8. The van der Waals surface area contributed by atoms with Gasteiger partial charge in [-0.2, -0.15) is 0 Å². The fourth-order valence-electron chi connectivity index (χ4n) is 10.8. The molecule has 0 aromatic rings. The highest BCUT2D eigenvalue weighted by molar-refractivity contribution is 6.01. The van der Waals surface area contributed by atoms with Crippen LogP contribution in [-0.2, 0) is 19.1 Å². The molecule has 4 saturated carbocycles. The van der Waals surface area contributed by atoms with Gasteiger partial charge in [0.25, 0.3) is 0 Å². The average molecular weight is 495 g/mol. The number of allylic oxidation sites excluding steroid dienone is 3. The van der Waals surface area contributed by atoms with Gasteiger partial charge in [-0.15, -0.1) is 0 Å². The van der Waals surface area contributed by atoms with E-state index >= 15 is 0 Å². The molecular weight excluding hydrogens is 448 g/mol. The predicted octanol–water partition coefficient (Wildman–Crippen LogP) is 6.73. The molecule has 4 heteroatoms. The third-order valence-corrected chi connectivity index (χ3v) is 13.0. The lowest BCUT2D eigenvalue weighted by Crippen LogP contribution is -2.67. The largest absolute Gasteiger partial charge is 0.469 e. The van der Waals surface area contributed by atoms with E-state index in [9.17, 15) is 14.4 Å². The molecule has 0 aromatic heterocycles. The van der Waals surface area contributed by atoms with Crippen molar-refractivity contribution in [1.29, 1.82) is 0 Å². The lowest BCUT2D eigenvalue weighted by Gasteiger charge is -2.70. The van der Waals surface area contributed by atoms with Crippen molar-refractivity contribution in [3.8, 4) is 0 Å². The van der Waals surface area contributed by atoms with E-state index in [2.05, 4.69) is 55.0 Å². The number of hydrogen-bond acceptors (Lipinski definition) is 4. The van der Waals surface area contributed by atoms with Crippen LogP contribution in [0.5, 0.6) is 0 Å². The number of fused-ring (bicyclic) bond motifs is 7. The number of carbonyl (C=O) groups excluding carboxylic acids is 3. The van der Waals surface area contributed by atoms with Crippen LogP contribution in [0.4, 0.5) is 0 Å². The Morgan fingerprint density at radius 3 is 2.31 bits per heavy atom. The Morgan fingerprint density at radius 2 is 1.67 bits per heavy atom. The fraction of sp³-hybridized carbons (Fsp3) is 0.781. The zero-order chi connectivity index (χ0) is 26.6. The Bertz CT molecular complexity index is 1080. The number of esters is 1. The molecule has 0 amide bonds. The summed E-state index contributed by atoms with van der Waals surface area (Å²) in [5.74, 6) is 1.16. The number of hydrogen-bond donors (Lipinski definition) is 0. The highest BCUT2D eigenvalue weighted by Crippen LogP contribution is 2.75. The number of ketones is 2. The van der Waals surface area contributed by atoms with Crippen LogP contribution in [0.15, 0.2) is 23.8 Å². The van der Waals surface area contributed by atoms with E-state index in [0.29, 0.717) is 23.8 Å². The van der Waals surface area contributed by atoms with Crippen LogP contribution >= 0.6 is 0 Å². The van der Waals surface area contributed by atoms with Crippen molar-refractivity contribution < 1.29 is 19.1 Å². The second-order valence-electron chi connectivity index (χ2n) is 14.6. The monoisotopic (exact) mass is 494 g/mol. The van der Waals surface area contributed by atoms with Crippen LogP contribution in [-0.4, -0.2) is 24.6 Å². The molecule has 9 atom stereocenters. The van der Waals surface area contributed by atoms with E-state index in [1.54, 1.807) is 0 Å². The Balaban J connectivity index is 1.69. The Morgan fingerprint density at radius 1 is 1.00 bits per heavy atom. The number of carbonyl (C=O) groups is 3. The number of ether oxygens (including phenoxy) is 1. The van der Waals surface area contributed by atoms with Crippen molar-refractivity contribution in [2.24, 2.45) is 56.7 Å². The summed E-state index contributed by atoms with van der Waals surface area (Å²) in [5.41, 5.74) is 0.179. The van der Waals surface area contributed by atoms with Gasteiger partial charge in [0, 0.05) is 11.3 Å². The van der Waals surface area contributed by atoms with Crippen molar-refractivity contribution in [2.75, 3.05) is 7.11 Å². The quantitative estimate of drug-likeness (QED) is 0.299. The molecule has 4 nitrogen and oxygen atoms in total. The van der Waals surface area contributed by atoms with Crippen LogP contribution < -0.4 is 0 Å². The maximum Gasteiger partial charge on any atom is 0.312 e. The van der Waals surface area contributed by atoms with Gasteiger partial charge in [-0.25, -0.2) is 0 Å². The summed E-state index contributed by atoms with van der Waals surface area (Å²) in [6.45, 7) is 19.9. The molecule has 0 radical (unpaired) electrons. The molecule has 0 N–H and O–H groups in total. The molecule has 0 saturated heterocycles. The number of Topliss-reactive ketones (excluding diaryl/α,β-unsaturated/α-hetero) is 1. The normalized spacial score (nSPS) is 49.7. The zero-order valence-electron chi connectivity index (χ0n) is 23.8. The minimum absolute atomic E-state index is 0.0408. The Hall–Kier alpha value is -1.71. The first-order valence-corrected chi connectivity index (χ1v) is 14.2. The maximum absolute atomic E-state index is 14.4. The van der Waals surface area contributed by atoms with Crippen molar-refractivity contribution in [2.45, 2.75) is 93.4 Å². The third-order valence-electron chi connectivity index (χ3n) is 13.0. The first-order chi connectivity index (χ1) is 16.6. The molecule has 5 rings (SSSR count). The van der Waals surface area contributed by atoms with Gasteiger partial charge in [-0.3, -0.25) is 14.4 Å². The van der Waals surface area contributed by atoms with Crippen molar-refractivity contribution in [3.05, 3.63) is 23.8 Å². The van der Waals surface area contributed by atoms with Crippen LogP contribution in [0.25, 0.3) is 0 Å². The lowest BCUT2D eigenvalue weighted by atomic mass is 9.33. The Kier molecular flexibility index (Phi) is 5.52. The van der Waals surface area contributed by atoms with E-state index in [1.165, 1.54) is 12.7 Å². The summed E-state index contributed by atoms with van der Waals surface area (Å²) in [5, 5.41) is 0. The molecule has 0 heterocycles. The molecule has 5 aliphatic carbocycles. The SMILES string of the molecule is C=C1C[C@]2(C)[C@H]3C(=O)C=C4[C@@H]5[C@@H](C)[C@H](C)CC[C@]5(C(=O)OC)CC[C@@]4(C)[C@]3(C)CC[C@H]2C(C)(C)C1=O. The van der Waals surface area contributed by atoms with Crippen LogP contribution in [0.2, 0.25) is 0 Å². The van der Waals surface area contributed by atoms with Crippen LogP contribution in [0, 0.1) is 56.7 Å². The second-order valence-corrected chi connectivity index (χ2v) is 14.6. The molecule has 0 unspecified atom stereocenters. The zero-order valence-corrected chi connectivity index (χ0v) is 23.8. The molecule has 0 spiro atoms. The van der Waals surface area contributed by atoms with Crippen molar-refractivity contribution in [1.82, 2.24) is 0 Å². The van der Waals surface area contributed by atoms with E-state index in [1.807, 2.05) is 6.08 Å². The van der Waals surface area contributed by atoms with Gasteiger partial charge >= 0.3 is 5.97 Å². The van der Waals surface area contributed by atoms with Gasteiger partial charge in [0.2, 0.25) is 0 Å². The molecule has 36 heavy (non-hydrogen) atoms. The smallest absolute Gasteiger partial charge is 0.312 e. The summed E-state index contributed by atoms with van der Waals surface area (Å²) < 4.78 is 5.44. The highest BCUT2D eigenvalue weighted by Gasteiger charge is 2.71. The molecule has 0 aliphatic heterocycles. The van der Waals surface area contributed by atoms with Gasteiger partial charge in [-0.05, 0) is 96.5 Å². The van der Waals surface area contributed by atoms with Gasteiger partial charge < -0.3 is 4.74 Å². The second kappa shape index (κ2) is 7.67. The van der Waals surface area contributed by atoms with Crippen LogP contribution in [0.3, 0.4) is 0 Å². The third kappa shape index (κ3) is 2.85. The number of methoxy groups -OCH3 is 1. The van der Waals surface area contributed by atoms with Gasteiger partial charge in [0.1, 0.15) is 0 Å². The van der Waals surface area contributed by atoms with Gasteiger partial charge in [0.15, 0.2) is 11.6 Å². The van der Waals surface area contributed by atoms with Crippen molar-refractivity contribution in [3.63, 3.8) is 0 Å². The maximum atomic E-state index is 14.4. The first kappa shape index (κ1) is 25.9. The van der Waals surface area contributed by atoms with Crippen molar-refractivity contribution >= 4 is 17.5 Å². The highest BCUT2D eigenvalue weighted by atomic mass is 16.5. The number of rotatable bonds is 1. The summed E-state index contributed by atoms with van der Waals surface area (Å²) in [7, 11) is 1.52. The van der Waals surface area contributed by atoms with E-state index in [0.717, 1.165) is 38.5 Å². The van der Waals surface area contributed by atoms with E-state index in [-0.39, 0.29) is 51.5 Å².